The van der Waals surface area contributed by atoms with E-state index in [2.05, 4.69) is 0 Å². The third-order valence-corrected chi connectivity index (χ3v) is 1.91. The molecule has 0 aromatic rings. The lowest BCUT2D eigenvalue weighted by molar-refractivity contribution is -0.144. The molecule has 3 heteroatoms. The second kappa shape index (κ2) is 4.24. The minimum Gasteiger partial charge on any atom is -0.466 e. The van der Waals surface area contributed by atoms with E-state index in [0.29, 0.717) is 13.0 Å². The fourth-order valence-electron chi connectivity index (χ4n) is 1.07. The molecule has 0 atom stereocenters. The van der Waals surface area contributed by atoms with Crippen LogP contribution >= 0.6 is 0 Å². The summed E-state index contributed by atoms with van der Waals surface area (Å²) in [6, 6.07) is 0. The van der Waals surface area contributed by atoms with Crippen molar-refractivity contribution in [2.24, 2.45) is 5.92 Å². The number of esters is 1. The molecule has 1 aliphatic carbocycles. The highest BCUT2D eigenvalue weighted by Gasteiger charge is 2.29. The summed E-state index contributed by atoms with van der Waals surface area (Å²) >= 11 is 0. The summed E-state index contributed by atoms with van der Waals surface area (Å²) in [7, 11) is 0. The van der Waals surface area contributed by atoms with Crippen molar-refractivity contribution in [1.82, 2.24) is 0 Å². The molecule has 1 saturated carbocycles. The zero-order valence-corrected chi connectivity index (χ0v) is 7.34. The van der Waals surface area contributed by atoms with Crippen molar-refractivity contribution in [3.63, 3.8) is 0 Å². The van der Waals surface area contributed by atoms with Gasteiger partial charge in [-0.2, -0.15) is 0 Å². The van der Waals surface area contributed by atoms with Crippen LogP contribution in [0.15, 0.2) is 0 Å². The second-order valence-electron chi connectivity index (χ2n) is 3.05. The van der Waals surface area contributed by atoms with E-state index in [4.69, 9.17) is 4.74 Å². The first kappa shape index (κ1) is 9.23. The maximum absolute atomic E-state index is 11.1. The Labute approximate surface area is 72.1 Å². The van der Waals surface area contributed by atoms with Crippen LogP contribution in [0.1, 0.15) is 32.6 Å². The van der Waals surface area contributed by atoms with Gasteiger partial charge in [-0.25, -0.2) is 0 Å². The Hall–Kier alpha value is -0.860. The summed E-state index contributed by atoms with van der Waals surface area (Å²) in [5, 5.41) is 0. The van der Waals surface area contributed by atoms with Crippen molar-refractivity contribution in [2.45, 2.75) is 32.6 Å². The van der Waals surface area contributed by atoms with Gasteiger partial charge < -0.3 is 4.74 Å². The van der Waals surface area contributed by atoms with E-state index in [0.717, 1.165) is 12.8 Å². The minimum absolute atomic E-state index is 0.225. The monoisotopic (exact) mass is 170 g/mol. The molecular weight excluding hydrogens is 156 g/mol. The highest BCUT2D eigenvalue weighted by molar-refractivity contribution is 5.86. The summed E-state index contributed by atoms with van der Waals surface area (Å²) in [4.78, 5) is 21.9. The maximum atomic E-state index is 11.1. The molecule has 0 radical (unpaired) electrons. The van der Waals surface area contributed by atoms with Gasteiger partial charge in [-0.1, -0.05) is 0 Å². The molecule has 1 rings (SSSR count). The summed E-state index contributed by atoms with van der Waals surface area (Å²) in [5.74, 6) is 0.231. The SMILES string of the molecule is CCOC(=O)CCC(=O)C1CC1. The van der Waals surface area contributed by atoms with E-state index in [1.54, 1.807) is 6.92 Å². The molecule has 12 heavy (non-hydrogen) atoms. The fraction of sp³-hybridized carbons (Fsp3) is 0.778. The third kappa shape index (κ3) is 3.03. The Bertz CT molecular complexity index is 182. The number of carbonyl (C=O) groups is 2. The van der Waals surface area contributed by atoms with Crippen molar-refractivity contribution < 1.29 is 14.3 Å². The summed E-state index contributed by atoms with van der Waals surface area (Å²) < 4.78 is 4.70. The molecule has 0 bridgehead atoms. The van der Waals surface area contributed by atoms with E-state index >= 15 is 0 Å². The van der Waals surface area contributed by atoms with Gasteiger partial charge in [0.2, 0.25) is 0 Å². The largest absolute Gasteiger partial charge is 0.466 e. The molecule has 1 fully saturated rings. The second-order valence-corrected chi connectivity index (χ2v) is 3.05. The van der Waals surface area contributed by atoms with E-state index < -0.39 is 0 Å². The first-order chi connectivity index (χ1) is 5.74. The van der Waals surface area contributed by atoms with Crippen molar-refractivity contribution in [2.75, 3.05) is 6.61 Å². The van der Waals surface area contributed by atoms with Gasteiger partial charge in [-0.3, -0.25) is 9.59 Å². The van der Waals surface area contributed by atoms with Gasteiger partial charge in [0, 0.05) is 12.3 Å². The number of rotatable bonds is 5. The Kier molecular flexibility index (Phi) is 3.26. The van der Waals surface area contributed by atoms with Gasteiger partial charge >= 0.3 is 5.97 Å². The molecule has 0 aromatic heterocycles. The molecule has 0 amide bonds. The number of carbonyl (C=O) groups excluding carboxylic acids is 2. The van der Waals surface area contributed by atoms with Crippen LogP contribution in [0.2, 0.25) is 0 Å². The van der Waals surface area contributed by atoms with E-state index in [1.807, 2.05) is 0 Å². The molecule has 0 spiro atoms. The first-order valence-electron chi connectivity index (χ1n) is 4.42. The van der Waals surface area contributed by atoms with Gasteiger partial charge in [0.1, 0.15) is 5.78 Å². The molecule has 1 aliphatic rings. The highest BCUT2D eigenvalue weighted by atomic mass is 16.5. The number of hydrogen-bond acceptors (Lipinski definition) is 3. The average Bonchev–Trinajstić information content (AvgIpc) is 2.83. The van der Waals surface area contributed by atoms with Crippen molar-refractivity contribution in [3.8, 4) is 0 Å². The number of Topliss-reactive ketones (excluding diaryl/α,β-unsaturated/α-hetero) is 1. The predicted octanol–water partition coefficient (Wildman–Crippen LogP) is 1.31. The average molecular weight is 170 g/mol. The van der Waals surface area contributed by atoms with Crippen LogP contribution in [0.5, 0.6) is 0 Å². The normalized spacial score (nSPS) is 15.8. The lowest BCUT2D eigenvalue weighted by Gasteiger charge is -1.99. The molecule has 0 N–H and O–H groups in total. The standard InChI is InChI=1S/C9H14O3/c1-2-12-9(11)6-5-8(10)7-3-4-7/h7H,2-6H2,1H3. The third-order valence-electron chi connectivity index (χ3n) is 1.91. The minimum atomic E-state index is -0.258. The Balaban J connectivity index is 2.07. The van der Waals surface area contributed by atoms with Gasteiger partial charge in [0.05, 0.1) is 13.0 Å². The topological polar surface area (TPSA) is 43.4 Å². The molecule has 0 aliphatic heterocycles. The Morgan fingerprint density at radius 3 is 2.50 bits per heavy atom. The molecule has 3 nitrogen and oxygen atoms in total. The maximum Gasteiger partial charge on any atom is 0.306 e. The molecular formula is C9H14O3. The summed E-state index contributed by atoms with van der Waals surface area (Å²) in [6.07, 6.45) is 2.65. The van der Waals surface area contributed by atoms with Crippen LogP contribution in [-0.4, -0.2) is 18.4 Å². The van der Waals surface area contributed by atoms with Crippen LogP contribution < -0.4 is 0 Å². The van der Waals surface area contributed by atoms with E-state index in [-0.39, 0.29) is 24.1 Å². The molecule has 0 saturated heterocycles. The van der Waals surface area contributed by atoms with Crippen LogP contribution in [0.3, 0.4) is 0 Å². The lowest BCUT2D eigenvalue weighted by atomic mass is 10.1. The summed E-state index contributed by atoms with van der Waals surface area (Å²) in [6.45, 7) is 2.16. The van der Waals surface area contributed by atoms with Gasteiger partial charge in [0.15, 0.2) is 0 Å². The van der Waals surface area contributed by atoms with Crippen molar-refractivity contribution in [1.29, 1.82) is 0 Å². The Morgan fingerprint density at radius 2 is 2.00 bits per heavy atom. The van der Waals surface area contributed by atoms with Crippen LogP contribution in [-0.2, 0) is 14.3 Å². The van der Waals surface area contributed by atoms with Gasteiger partial charge in [-0.05, 0) is 19.8 Å². The molecule has 0 aromatic carbocycles. The quantitative estimate of drug-likeness (QED) is 0.584. The number of ether oxygens (including phenoxy) is 1. The Morgan fingerprint density at radius 1 is 1.33 bits per heavy atom. The lowest BCUT2D eigenvalue weighted by Crippen LogP contribution is -2.08. The van der Waals surface area contributed by atoms with Gasteiger partial charge in [-0.15, -0.1) is 0 Å². The van der Waals surface area contributed by atoms with Crippen molar-refractivity contribution in [3.05, 3.63) is 0 Å². The van der Waals surface area contributed by atoms with Crippen molar-refractivity contribution >= 4 is 11.8 Å². The zero-order chi connectivity index (χ0) is 8.97. The fourth-order valence-corrected chi connectivity index (χ4v) is 1.07. The highest BCUT2D eigenvalue weighted by Crippen LogP contribution is 2.31. The zero-order valence-electron chi connectivity index (χ0n) is 7.34. The number of hydrogen-bond donors (Lipinski definition) is 0. The first-order valence-corrected chi connectivity index (χ1v) is 4.42. The smallest absolute Gasteiger partial charge is 0.306 e. The van der Waals surface area contributed by atoms with Gasteiger partial charge in [0.25, 0.3) is 0 Å². The van der Waals surface area contributed by atoms with Crippen LogP contribution in [0.25, 0.3) is 0 Å². The van der Waals surface area contributed by atoms with Crippen LogP contribution in [0.4, 0.5) is 0 Å². The molecule has 68 valence electrons. The van der Waals surface area contributed by atoms with E-state index in [9.17, 15) is 9.59 Å². The number of ketones is 1. The van der Waals surface area contributed by atoms with Crippen LogP contribution in [0, 0.1) is 5.92 Å². The molecule has 0 unspecified atom stereocenters. The van der Waals surface area contributed by atoms with E-state index in [1.165, 1.54) is 0 Å². The molecule has 0 heterocycles. The predicted molar refractivity (Wildman–Crippen MR) is 43.6 cm³/mol. The summed E-state index contributed by atoms with van der Waals surface area (Å²) in [5.41, 5.74) is 0.